The minimum atomic E-state index is 0.452. The van der Waals surface area contributed by atoms with Gasteiger partial charge in [-0.25, -0.2) is 0 Å². The molecule has 0 spiro atoms. The lowest BCUT2D eigenvalue weighted by atomic mass is 9.88. The van der Waals surface area contributed by atoms with E-state index in [1.54, 1.807) is 0 Å². The molecular weight excluding hydrogens is 232 g/mol. The molecule has 0 radical (unpaired) electrons. The van der Waals surface area contributed by atoms with E-state index >= 15 is 0 Å². The van der Waals surface area contributed by atoms with Gasteiger partial charge in [-0.05, 0) is 44.3 Å². The molecule has 1 aliphatic rings. The van der Waals surface area contributed by atoms with Crippen LogP contribution >= 0.6 is 0 Å². The molecule has 0 aromatic heterocycles. The standard InChI is InChI=1S/C17H28N2/c1-3-4-8-16-13-18-12-11-17(16)19-14(2)15-9-6-5-7-10-15/h5-7,9-10,14,16-19H,3-4,8,11-13H2,1-2H3. The number of nitrogens with one attached hydrogen (secondary N) is 2. The first kappa shape index (κ1) is 14.5. The number of unbranched alkanes of at least 4 members (excludes halogenated alkanes) is 1. The number of piperidine rings is 1. The molecule has 1 aromatic rings. The molecule has 1 aliphatic heterocycles. The van der Waals surface area contributed by atoms with Crippen LogP contribution in [-0.4, -0.2) is 19.1 Å². The van der Waals surface area contributed by atoms with Gasteiger partial charge in [0.2, 0.25) is 0 Å². The van der Waals surface area contributed by atoms with Crippen LogP contribution in [0.3, 0.4) is 0 Å². The fraction of sp³-hybridized carbons (Fsp3) is 0.647. The van der Waals surface area contributed by atoms with E-state index in [0.29, 0.717) is 12.1 Å². The van der Waals surface area contributed by atoms with Crippen LogP contribution in [-0.2, 0) is 0 Å². The molecule has 1 heterocycles. The Hall–Kier alpha value is -0.860. The van der Waals surface area contributed by atoms with Crippen molar-refractivity contribution in [2.75, 3.05) is 13.1 Å². The van der Waals surface area contributed by atoms with Crippen molar-refractivity contribution >= 4 is 0 Å². The van der Waals surface area contributed by atoms with Gasteiger partial charge in [0, 0.05) is 12.1 Å². The number of benzene rings is 1. The molecule has 3 atom stereocenters. The van der Waals surface area contributed by atoms with E-state index < -0.39 is 0 Å². The third-order valence-corrected chi connectivity index (χ3v) is 4.30. The summed E-state index contributed by atoms with van der Waals surface area (Å²) in [6, 6.07) is 11.9. The van der Waals surface area contributed by atoms with E-state index in [9.17, 15) is 0 Å². The Morgan fingerprint density at radius 1 is 1.32 bits per heavy atom. The third-order valence-electron chi connectivity index (χ3n) is 4.30. The quantitative estimate of drug-likeness (QED) is 0.818. The van der Waals surface area contributed by atoms with Gasteiger partial charge in [-0.3, -0.25) is 0 Å². The van der Waals surface area contributed by atoms with E-state index in [2.05, 4.69) is 54.8 Å². The van der Waals surface area contributed by atoms with Gasteiger partial charge in [-0.15, -0.1) is 0 Å². The normalized spacial score (nSPS) is 25.2. The summed E-state index contributed by atoms with van der Waals surface area (Å²) in [5.74, 6) is 0.792. The second kappa shape index (κ2) is 7.66. The summed E-state index contributed by atoms with van der Waals surface area (Å²) in [7, 11) is 0. The average Bonchev–Trinajstić information content (AvgIpc) is 2.47. The average molecular weight is 260 g/mol. The SMILES string of the molecule is CCCCC1CNCCC1NC(C)c1ccccc1. The Morgan fingerprint density at radius 2 is 2.11 bits per heavy atom. The summed E-state index contributed by atoms with van der Waals surface area (Å²) in [5.41, 5.74) is 1.40. The van der Waals surface area contributed by atoms with E-state index in [1.807, 2.05) is 0 Å². The smallest absolute Gasteiger partial charge is 0.0294 e. The molecule has 1 fully saturated rings. The lowest BCUT2D eigenvalue weighted by molar-refractivity contribution is 0.245. The summed E-state index contributed by atoms with van der Waals surface area (Å²) < 4.78 is 0. The molecule has 2 heteroatoms. The fourth-order valence-electron chi connectivity index (χ4n) is 3.07. The van der Waals surface area contributed by atoms with Crippen LogP contribution in [0.4, 0.5) is 0 Å². The monoisotopic (exact) mass is 260 g/mol. The number of hydrogen-bond acceptors (Lipinski definition) is 2. The number of hydrogen-bond donors (Lipinski definition) is 2. The van der Waals surface area contributed by atoms with Crippen LogP contribution in [0, 0.1) is 5.92 Å². The molecule has 1 aromatic carbocycles. The molecule has 106 valence electrons. The van der Waals surface area contributed by atoms with E-state index in [1.165, 1.54) is 37.8 Å². The van der Waals surface area contributed by atoms with Gasteiger partial charge in [0.15, 0.2) is 0 Å². The number of rotatable bonds is 6. The maximum Gasteiger partial charge on any atom is 0.0294 e. The largest absolute Gasteiger partial charge is 0.316 e. The van der Waals surface area contributed by atoms with Gasteiger partial charge in [0.05, 0.1) is 0 Å². The zero-order valence-electron chi connectivity index (χ0n) is 12.4. The van der Waals surface area contributed by atoms with Crippen molar-refractivity contribution in [2.45, 2.75) is 51.6 Å². The molecule has 0 saturated carbocycles. The summed E-state index contributed by atoms with van der Waals surface area (Å²) in [5, 5.41) is 7.40. The minimum absolute atomic E-state index is 0.452. The minimum Gasteiger partial charge on any atom is -0.316 e. The zero-order valence-corrected chi connectivity index (χ0v) is 12.4. The van der Waals surface area contributed by atoms with Gasteiger partial charge in [-0.2, -0.15) is 0 Å². The Kier molecular flexibility index (Phi) is 5.87. The summed E-state index contributed by atoms with van der Waals surface area (Å²) in [4.78, 5) is 0. The second-order valence-electron chi connectivity index (χ2n) is 5.80. The van der Waals surface area contributed by atoms with Crippen LogP contribution in [0.25, 0.3) is 0 Å². The molecule has 1 saturated heterocycles. The van der Waals surface area contributed by atoms with Gasteiger partial charge < -0.3 is 10.6 Å². The van der Waals surface area contributed by atoms with Crippen molar-refractivity contribution in [2.24, 2.45) is 5.92 Å². The molecule has 2 nitrogen and oxygen atoms in total. The van der Waals surface area contributed by atoms with Gasteiger partial charge in [-0.1, -0.05) is 50.1 Å². The van der Waals surface area contributed by atoms with Crippen LogP contribution in [0.1, 0.15) is 51.1 Å². The first-order valence-electron chi connectivity index (χ1n) is 7.83. The molecule has 0 amide bonds. The predicted molar refractivity (Wildman–Crippen MR) is 82.3 cm³/mol. The molecule has 0 bridgehead atoms. The lowest BCUT2D eigenvalue weighted by Crippen LogP contribution is -2.48. The Balaban J connectivity index is 1.91. The van der Waals surface area contributed by atoms with Crippen molar-refractivity contribution < 1.29 is 0 Å². The van der Waals surface area contributed by atoms with Crippen molar-refractivity contribution in [1.29, 1.82) is 0 Å². The molecule has 2 N–H and O–H groups in total. The second-order valence-corrected chi connectivity index (χ2v) is 5.80. The van der Waals surface area contributed by atoms with Crippen LogP contribution < -0.4 is 10.6 Å². The summed E-state index contributed by atoms with van der Waals surface area (Å²) in [6.45, 7) is 6.90. The van der Waals surface area contributed by atoms with Crippen LogP contribution in [0.5, 0.6) is 0 Å². The van der Waals surface area contributed by atoms with Crippen molar-refractivity contribution in [1.82, 2.24) is 10.6 Å². The highest BCUT2D eigenvalue weighted by molar-refractivity contribution is 5.18. The molecule has 19 heavy (non-hydrogen) atoms. The summed E-state index contributed by atoms with van der Waals surface area (Å²) >= 11 is 0. The first-order valence-corrected chi connectivity index (χ1v) is 7.83. The van der Waals surface area contributed by atoms with Gasteiger partial charge in [0.25, 0.3) is 0 Å². The van der Waals surface area contributed by atoms with Gasteiger partial charge in [0.1, 0.15) is 0 Å². The van der Waals surface area contributed by atoms with Crippen LogP contribution in [0.2, 0.25) is 0 Å². The van der Waals surface area contributed by atoms with E-state index in [0.717, 1.165) is 12.5 Å². The first-order chi connectivity index (χ1) is 9.31. The van der Waals surface area contributed by atoms with Crippen LogP contribution in [0.15, 0.2) is 30.3 Å². The zero-order chi connectivity index (χ0) is 13.5. The topological polar surface area (TPSA) is 24.1 Å². The maximum absolute atomic E-state index is 3.85. The van der Waals surface area contributed by atoms with Crippen molar-refractivity contribution in [3.05, 3.63) is 35.9 Å². The van der Waals surface area contributed by atoms with Gasteiger partial charge >= 0.3 is 0 Å². The van der Waals surface area contributed by atoms with E-state index in [4.69, 9.17) is 0 Å². The highest BCUT2D eigenvalue weighted by Gasteiger charge is 2.25. The molecular formula is C17H28N2. The maximum atomic E-state index is 3.85. The van der Waals surface area contributed by atoms with E-state index in [-0.39, 0.29) is 0 Å². The Bertz CT molecular complexity index is 350. The third kappa shape index (κ3) is 4.32. The fourth-order valence-corrected chi connectivity index (χ4v) is 3.07. The lowest BCUT2D eigenvalue weighted by Gasteiger charge is -2.35. The molecule has 0 aliphatic carbocycles. The highest BCUT2D eigenvalue weighted by Crippen LogP contribution is 2.21. The summed E-state index contributed by atoms with van der Waals surface area (Å²) in [6.07, 6.45) is 5.26. The van der Waals surface area contributed by atoms with Crippen molar-refractivity contribution in [3.8, 4) is 0 Å². The Morgan fingerprint density at radius 3 is 2.84 bits per heavy atom. The van der Waals surface area contributed by atoms with Crippen molar-refractivity contribution in [3.63, 3.8) is 0 Å². The predicted octanol–water partition coefficient (Wildman–Crippen LogP) is 3.51. The molecule has 2 rings (SSSR count). The molecule has 3 unspecified atom stereocenters. The highest BCUT2D eigenvalue weighted by atomic mass is 15.0. The Labute approximate surface area is 118 Å².